The average molecular weight is 299 g/mol. The van der Waals surface area contributed by atoms with Crippen LogP contribution < -0.4 is 15.4 Å². The highest BCUT2D eigenvalue weighted by Crippen LogP contribution is 2.33. The first kappa shape index (κ1) is 15.1. The van der Waals surface area contributed by atoms with E-state index in [0.29, 0.717) is 18.3 Å². The highest BCUT2D eigenvalue weighted by molar-refractivity contribution is 7.89. The van der Waals surface area contributed by atoms with Gasteiger partial charge in [0.25, 0.3) is 0 Å². The summed E-state index contributed by atoms with van der Waals surface area (Å²) in [5.74, 6) is 0. The Balaban J connectivity index is 2.32. The Hall–Kier alpha value is -1.31. The van der Waals surface area contributed by atoms with E-state index in [1.165, 1.54) is 19.5 Å². The second-order valence-electron chi connectivity index (χ2n) is 4.93. The molecule has 0 atom stereocenters. The van der Waals surface area contributed by atoms with Gasteiger partial charge in [0, 0.05) is 12.6 Å². The van der Waals surface area contributed by atoms with Gasteiger partial charge in [0.1, 0.15) is 0 Å². The van der Waals surface area contributed by atoms with Gasteiger partial charge in [-0.3, -0.25) is 0 Å². The Morgan fingerprint density at radius 1 is 1.45 bits per heavy atom. The molecule has 20 heavy (non-hydrogen) atoms. The van der Waals surface area contributed by atoms with Gasteiger partial charge in [-0.2, -0.15) is 0 Å². The number of nitrogens with zero attached hydrogens (tertiary/aromatic N) is 1. The van der Waals surface area contributed by atoms with Gasteiger partial charge in [0.2, 0.25) is 10.0 Å². The Labute approximate surface area is 119 Å². The van der Waals surface area contributed by atoms with E-state index in [1.54, 1.807) is 12.1 Å². The van der Waals surface area contributed by atoms with E-state index in [0.717, 1.165) is 18.5 Å². The van der Waals surface area contributed by atoms with Crippen molar-refractivity contribution in [1.82, 2.24) is 4.72 Å². The van der Waals surface area contributed by atoms with Crippen molar-refractivity contribution in [2.45, 2.75) is 30.2 Å². The number of nitrogen functional groups attached to an aromatic ring is 1. The highest BCUT2D eigenvalue weighted by Gasteiger charge is 2.26. The molecule has 0 bridgehead atoms. The quantitative estimate of drug-likeness (QED) is 0.666. The number of benzene rings is 1. The molecule has 0 aromatic heterocycles. The molecule has 0 heterocycles. The molecule has 1 saturated carbocycles. The number of anilines is 2. The van der Waals surface area contributed by atoms with E-state index >= 15 is 0 Å². The second kappa shape index (κ2) is 5.99. The first-order valence-electron chi connectivity index (χ1n) is 6.70. The van der Waals surface area contributed by atoms with Crippen molar-refractivity contribution >= 4 is 21.4 Å². The summed E-state index contributed by atoms with van der Waals surface area (Å²) in [4.78, 5) is 2.22. The molecule has 0 saturated heterocycles. The van der Waals surface area contributed by atoms with Crippen LogP contribution in [-0.2, 0) is 10.0 Å². The van der Waals surface area contributed by atoms with Crippen molar-refractivity contribution < 1.29 is 13.5 Å². The summed E-state index contributed by atoms with van der Waals surface area (Å²) in [6.07, 6.45) is 3.34. The van der Waals surface area contributed by atoms with E-state index in [4.69, 9.17) is 5.73 Å². The molecule has 0 radical (unpaired) electrons. The fourth-order valence-electron chi connectivity index (χ4n) is 2.39. The Kier molecular flexibility index (Phi) is 4.52. The lowest BCUT2D eigenvalue weighted by molar-refractivity contribution is 0.284. The molecule has 1 fully saturated rings. The van der Waals surface area contributed by atoms with Gasteiger partial charge in [-0.15, -0.1) is 0 Å². The standard InChI is InChI=1S/C13H21N3O3S/c1-15-20(18,19)11-5-6-13(12(14)9-11)16(7-8-17)10-3-2-4-10/h5-6,9-10,15,17H,2-4,7-8,14H2,1H3. The number of aliphatic hydroxyl groups excluding tert-OH is 1. The van der Waals surface area contributed by atoms with Gasteiger partial charge in [0.05, 0.1) is 22.9 Å². The van der Waals surface area contributed by atoms with Crippen LogP contribution in [0.4, 0.5) is 11.4 Å². The summed E-state index contributed by atoms with van der Waals surface area (Å²) in [7, 11) is -2.12. The van der Waals surface area contributed by atoms with Crippen LogP contribution in [0.2, 0.25) is 0 Å². The largest absolute Gasteiger partial charge is 0.397 e. The molecule has 0 amide bonds. The zero-order valence-electron chi connectivity index (χ0n) is 11.5. The third-order valence-electron chi connectivity index (χ3n) is 3.74. The Morgan fingerprint density at radius 3 is 2.60 bits per heavy atom. The van der Waals surface area contributed by atoms with Gasteiger partial charge >= 0.3 is 0 Å². The topological polar surface area (TPSA) is 95.7 Å². The maximum absolute atomic E-state index is 11.7. The van der Waals surface area contributed by atoms with Crippen molar-refractivity contribution in [3.05, 3.63) is 18.2 Å². The number of nitrogens with one attached hydrogen (secondary N) is 1. The van der Waals surface area contributed by atoms with Crippen LogP contribution in [0.15, 0.2) is 23.1 Å². The summed E-state index contributed by atoms with van der Waals surface area (Å²) in [6, 6.07) is 5.11. The number of aliphatic hydroxyl groups is 1. The van der Waals surface area contributed by atoms with Gasteiger partial charge in [0.15, 0.2) is 0 Å². The van der Waals surface area contributed by atoms with Gasteiger partial charge in [-0.05, 0) is 44.5 Å². The van der Waals surface area contributed by atoms with E-state index in [1.807, 2.05) is 0 Å². The molecule has 2 rings (SSSR count). The van der Waals surface area contributed by atoms with E-state index in [-0.39, 0.29) is 11.5 Å². The predicted octanol–water partition coefficient (Wildman–Crippen LogP) is 0.528. The van der Waals surface area contributed by atoms with Crippen molar-refractivity contribution in [2.75, 3.05) is 30.8 Å². The first-order valence-corrected chi connectivity index (χ1v) is 8.18. The molecule has 1 aliphatic carbocycles. The van der Waals surface area contributed by atoms with Crippen LogP contribution in [0.1, 0.15) is 19.3 Å². The third kappa shape index (κ3) is 2.89. The summed E-state index contributed by atoms with van der Waals surface area (Å²) in [5, 5.41) is 9.19. The normalized spacial score (nSPS) is 15.9. The number of rotatable bonds is 6. The van der Waals surface area contributed by atoms with Crippen LogP contribution >= 0.6 is 0 Å². The van der Waals surface area contributed by atoms with Crippen molar-refractivity contribution in [3.8, 4) is 0 Å². The Bertz CT molecular complexity index is 570. The molecule has 0 spiro atoms. The molecular weight excluding hydrogens is 278 g/mol. The minimum atomic E-state index is -3.49. The maximum atomic E-state index is 11.7. The number of hydrogen-bond acceptors (Lipinski definition) is 5. The molecule has 7 heteroatoms. The Morgan fingerprint density at radius 2 is 2.15 bits per heavy atom. The third-order valence-corrected chi connectivity index (χ3v) is 5.16. The summed E-state index contributed by atoms with van der Waals surface area (Å²) >= 11 is 0. The number of hydrogen-bond donors (Lipinski definition) is 3. The van der Waals surface area contributed by atoms with E-state index < -0.39 is 10.0 Å². The van der Waals surface area contributed by atoms with Crippen molar-refractivity contribution in [3.63, 3.8) is 0 Å². The lowest BCUT2D eigenvalue weighted by atomic mass is 9.91. The number of sulfonamides is 1. The minimum Gasteiger partial charge on any atom is -0.397 e. The molecule has 1 aromatic carbocycles. The van der Waals surface area contributed by atoms with Crippen LogP contribution in [0, 0.1) is 0 Å². The van der Waals surface area contributed by atoms with Gasteiger partial charge in [-0.25, -0.2) is 13.1 Å². The zero-order valence-corrected chi connectivity index (χ0v) is 12.4. The zero-order chi connectivity index (χ0) is 14.8. The van der Waals surface area contributed by atoms with Crippen molar-refractivity contribution in [1.29, 1.82) is 0 Å². The molecule has 112 valence electrons. The summed E-state index contributed by atoms with van der Waals surface area (Å²) in [5.41, 5.74) is 7.21. The lowest BCUT2D eigenvalue weighted by Crippen LogP contribution is -2.42. The van der Waals surface area contributed by atoms with E-state index in [9.17, 15) is 13.5 Å². The minimum absolute atomic E-state index is 0.0481. The fraction of sp³-hybridized carbons (Fsp3) is 0.538. The average Bonchev–Trinajstić information content (AvgIpc) is 2.36. The van der Waals surface area contributed by atoms with Crippen LogP contribution in [0.3, 0.4) is 0 Å². The SMILES string of the molecule is CNS(=O)(=O)c1ccc(N(CCO)C2CCC2)c(N)c1. The summed E-state index contributed by atoms with van der Waals surface area (Å²) in [6.45, 7) is 0.555. The highest BCUT2D eigenvalue weighted by atomic mass is 32.2. The number of nitrogens with two attached hydrogens (primary N) is 1. The van der Waals surface area contributed by atoms with Crippen LogP contribution in [-0.4, -0.2) is 39.8 Å². The van der Waals surface area contributed by atoms with E-state index in [2.05, 4.69) is 9.62 Å². The van der Waals surface area contributed by atoms with Crippen LogP contribution in [0.5, 0.6) is 0 Å². The van der Waals surface area contributed by atoms with Gasteiger partial charge in [-0.1, -0.05) is 0 Å². The molecule has 1 aromatic rings. The molecule has 4 N–H and O–H groups in total. The first-order chi connectivity index (χ1) is 9.49. The predicted molar refractivity (Wildman–Crippen MR) is 79.2 cm³/mol. The smallest absolute Gasteiger partial charge is 0.240 e. The van der Waals surface area contributed by atoms with Crippen molar-refractivity contribution in [2.24, 2.45) is 0 Å². The second-order valence-corrected chi connectivity index (χ2v) is 6.82. The fourth-order valence-corrected chi connectivity index (χ4v) is 3.15. The molecule has 0 unspecified atom stereocenters. The molecule has 6 nitrogen and oxygen atoms in total. The lowest BCUT2D eigenvalue weighted by Gasteiger charge is -2.39. The maximum Gasteiger partial charge on any atom is 0.240 e. The monoisotopic (exact) mass is 299 g/mol. The molecule has 0 aliphatic heterocycles. The molecular formula is C13H21N3O3S. The van der Waals surface area contributed by atoms with Gasteiger partial charge < -0.3 is 15.7 Å². The molecule has 1 aliphatic rings. The summed E-state index contributed by atoms with van der Waals surface area (Å²) < 4.78 is 25.7. The van der Waals surface area contributed by atoms with Crippen LogP contribution in [0.25, 0.3) is 0 Å².